The van der Waals surface area contributed by atoms with E-state index >= 15 is 0 Å². The Morgan fingerprint density at radius 2 is 0.686 bits per heavy atom. The SMILES string of the molecule is C[Si](C)(C)OCC1OC(OCC2OC(O)C(O[Si](C)(C)C)C(O[Si](C)(C)C)C2O[Si](C)(C)C)C(O[Si](C)(C)C)C(O[Si](C)(C)C)C1O[Si](C)(C)C. The average molecular weight is 848 g/mol. The maximum Gasteiger partial charge on any atom is 0.185 e. The lowest BCUT2D eigenvalue weighted by atomic mass is 9.98. The summed E-state index contributed by atoms with van der Waals surface area (Å²) in [4.78, 5) is 0. The number of hydrogen-bond donors (Lipinski definition) is 1. The zero-order valence-corrected chi connectivity index (χ0v) is 43.2. The fourth-order valence-electron chi connectivity index (χ4n) is 5.95. The number of rotatable bonds is 18. The first-order valence-corrected chi connectivity index (χ1v) is 42.7. The molecule has 11 nitrogen and oxygen atoms in total. The monoisotopic (exact) mass is 846 g/mol. The predicted octanol–water partition coefficient (Wildman–Crippen LogP) is 7.62. The summed E-state index contributed by atoms with van der Waals surface area (Å²) in [6.07, 6.45) is -6.28. The summed E-state index contributed by atoms with van der Waals surface area (Å²) < 4.78 is 67.8. The second-order valence-electron chi connectivity index (χ2n) is 21.0. The highest BCUT2D eigenvalue weighted by atomic mass is 28.4. The molecule has 1 N–H and O–H groups in total. The third-order valence-corrected chi connectivity index (χ3v) is 14.2. The molecule has 10 atom stereocenters. The lowest BCUT2D eigenvalue weighted by Crippen LogP contribution is -2.68. The van der Waals surface area contributed by atoms with Crippen LogP contribution in [0.2, 0.25) is 137 Å². The van der Waals surface area contributed by atoms with Gasteiger partial charge < -0.3 is 50.3 Å². The lowest BCUT2D eigenvalue weighted by Gasteiger charge is -2.52. The minimum atomic E-state index is -2.17. The van der Waals surface area contributed by atoms with Crippen molar-refractivity contribution in [2.45, 2.75) is 199 Å². The normalized spacial score (nSPS) is 32.4. The van der Waals surface area contributed by atoms with Gasteiger partial charge in [0.15, 0.2) is 70.8 Å². The highest BCUT2D eigenvalue weighted by molar-refractivity contribution is 6.72. The van der Waals surface area contributed by atoms with Crippen LogP contribution in [0.3, 0.4) is 0 Å². The molecule has 0 amide bonds. The van der Waals surface area contributed by atoms with Crippen molar-refractivity contribution in [2.75, 3.05) is 13.2 Å². The van der Waals surface area contributed by atoms with Gasteiger partial charge in [0, 0.05) is 0 Å². The number of aliphatic hydroxyl groups is 1. The van der Waals surface area contributed by atoms with E-state index in [4.69, 9.17) is 45.2 Å². The smallest absolute Gasteiger partial charge is 0.185 e. The largest absolute Gasteiger partial charge is 0.415 e. The molecule has 51 heavy (non-hydrogen) atoms. The summed E-state index contributed by atoms with van der Waals surface area (Å²) in [5, 5.41) is 11.5. The van der Waals surface area contributed by atoms with E-state index in [0.29, 0.717) is 6.61 Å². The van der Waals surface area contributed by atoms with E-state index < -0.39 is 120 Å². The second kappa shape index (κ2) is 17.7. The summed E-state index contributed by atoms with van der Waals surface area (Å²) in [6.45, 7) is 45.8. The van der Waals surface area contributed by atoms with Crippen LogP contribution in [0.4, 0.5) is 0 Å². The van der Waals surface area contributed by atoms with Crippen LogP contribution >= 0.6 is 0 Å². The van der Waals surface area contributed by atoms with Gasteiger partial charge in [-0.1, -0.05) is 0 Å². The zero-order chi connectivity index (χ0) is 39.8. The van der Waals surface area contributed by atoms with E-state index in [2.05, 4.69) is 137 Å². The second-order valence-corrected chi connectivity index (χ2v) is 52.3. The molecule has 2 aliphatic rings. The molecule has 2 fully saturated rings. The fraction of sp³-hybridized carbons (Fsp3) is 1.00. The Labute approximate surface area is 319 Å². The van der Waals surface area contributed by atoms with Crippen LogP contribution in [0.25, 0.3) is 0 Å². The molecule has 0 bridgehead atoms. The van der Waals surface area contributed by atoms with Crippen molar-refractivity contribution in [3.8, 4) is 0 Å². The van der Waals surface area contributed by atoms with E-state index in [1.54, 1.807) is 0 Å². The first-order valence-electron chi connectivity index (χ1n) is 18.8. The van der Waals surface area contributed by atoms with Crippen LogP contribution in [0, 0.1) is 0 Å². The van der Waals surface area contributed by atoms with Crippen LogP contribution in [0.15, 0.2) is 0 Å². The van der Waals surface area contributed by atoms with E-state index in [1.165, 1.54) is 0 Å². The molecule has 2 saturated heterocycles. The van der Waals surface area contributed by atoms with Crippen LogP contribution < -0.4 is 0 Å². The highest BCUT2D eigenvalue weighted by Crippen LogP contribution is 2.37. The summed E-state index contributed by atoms with van der Waals surface area (Å²) >= 11 is 0. The number of aliphatic hydroxyl groups excluding tert-OH is 1. The Kier molecular flexibility index (Phi) is 16.7. The van der Waals surface area contributed by atoms with Crippen LogP contribution in [-0.2, 0) is 45.2 Å². The minimum Gasteiger partial charge on any atom is -0.415 e. The maximum absolute atomic E-state index is 11.5. The molecule has 18 heteroatoms. The van der Waals surface area contributed by atoms with Gasteiger partial charge in [-0.15, -0.1) is 0 Å². The Balaban J connectivity index is 2.64. The Hall–Kier alpha value is 1.08. The highest BCUT2D eigenvalue weighted by Gasteiger charge is 2.55. The van der Waals surface area contributed by atoms with Gasteiger partial charge in [-0.25, -0.2) is 0 Å². The topological polar surface area (TPSA) is 113 Å². The van der Waals surface area contributed by atoms with Gasteiger partial charge in [0.05, 0.1) is 13.2 Å². The average Bonchev–Trinajstić information content (AvgIpc) is 2.84. The summed E-state index contributed by atoms with van der Waals surface area (Å²) in [5.41, 5.74) is 0. The van der Waals surface area contributed by atoms with Crippen molar-refractivity contribution in [1.82, 2.24) is 0 Å². The zero-order valence-electron chi connectivity index (χ0n) is 36.2. The van der Waals surface area contributed by atoms with Gasteiger partial charge in [0.2, 0.25) is 0 Å². The molecule has 0 spiro atoms. The van der Waals surface area contributed by atoms with Gasteiger partial charge in [-0.05, 0) is 137 Å². The van der Waals surface area contributed by atoms with E-state index in [1.807, 2.05) is 0 Å². The van der Waals surface area contributed by atoms with Crippen LogP contribution in [-0.4, -0.2) is 138 Å². The Morgan fingerprint density at radius 3 is 1.06 bits per heavy atom. The molecule has 2 rings (SSSR count). The molecule has 0 saturated carbocycles. The van der Waals surface area contributed by atoms with Crippen LogP contribution in [0.5, 0.6) is 0 Å². The first-order chi connectivity index (χ1) is 22.5. The predicted molar refractivity (Wildman–Crippen MR) is 224 cm³/mol. The van der Waals surface area contributed by atoms with E-state index in [9.17, 15) is 5.11 Å². The Morgan fingerprint density at radius 1 is 0.373 bits per heavy atom. The van der Waals surface area contributed by atoms with Crippen molar-refractivity contribution >= 4 is 58.2 Å². The Bertz CT molecular complexity index is 1070. The maximum atomic E-state index is 11.5. The van der Waals surface area contributed by atoms with Crippen molar-refractivity contribution in [3.63, 3.8) is 0 Å². The van der Waals surface area contributed by atoms with Gasteiger partial charge in [-0.2, -0.15) is 0 Å². The molecular formula is C33H78O11Si7. The molecule has 10 unspecified atom stereocenters. The molecule has 0 radical (unpaired) electrons. The molecule has 0 aliphatic carbocycles. The van der Waals surface area contributed by atoms with Gasteiger partial charge >= 0.3 is 0 Å². The summed E-state index contributed by atoms with van der Waals surface area (Å²) in [5.74, 6) is 0. The molecule has 0 aromatic rings. The molecular weight excluding hydrogens is 769 g/mol. The van der Waals surface area contributed by atoms with E-state index in [-0.39, 0.29) is 6.61 Å². The molecule has 2 aliphatic heterocycles. The molecule has 0 aromatic heterocycles. The first kappa shape index (κ1) is 48.2. The third kappa shape index (κ3) is 18.3. The van der Waals surface area contributed by atoms with Crippen LogP contribution in [0.1, 0.15) is 0 Å². The van der Waals surface area contributed by atoms with Gasteiger partial charge in [-0.3, -0.25) is 0 Å². The summed E-state index contributed by atoms with van der Waals surface area (Å²) in [7, 11) is -14.7. The van der Waals surface area contributed by atoms with Gasteiger partial charge in [0.25, 0.3) is 0 Å². The minimum absolute atomic E-state index is 0.0778. The fourth-order valence-corrected chi connectivity index (χ4v) is 13.1. The molecule has 0 aromatic carbocycles. The van der Waals surface area contributed by atoms with Crippen molar-refractivity contribution in [1.29, 1.82) is 0 Å². The quantitative estimate of drug-likeness (QED) is 0.138. The van der Waals surface area contributed by atoms with Crippen molar-refractivity contribution in [3.05, 3.63) is 0 Å². The molecule has 2 heterocycles. The van der Waals surface area contributed by atoms with Crippen molar-refractivity contribution in [2.24, 2.45) is 0 Å². The standard InChI is InChI=1S/C33H78O11Si7/c1-45(2,3)36-23-25-27(40-47(7,8)9)29(42-49(13,14)15)31(44-51(19,20)21)33(38-25)35-22-24-26(39-46(4,5)6)28(41-48(10,11)12)30(32(34)37-24)43-50(16,17)18/h24-34H,22-23H2,1-21H3. The molecule has 304 valence electrons. The summed E-state index contributed by atoms with van der Waals surface area (Å²) in [6, 6.07) is 0. The van der Waals surface area contributed by atoms with Crippen molar-refractivity contribution < 1.29 is 50.3 Å². The third-order valence-electron chi connectivity index (χ3n) is 7.24. The van der Waals surface area contributed by atoms with Gasteiger partial charge in [0.1, 0.15) is 48.8 Å². The number of hydrogen-bond acceptors (Lipinski definition) is 11. The lowest BCUT2D eigenvalue weighted by molar-refractivity contribution is -0.316. The van der Waals surface area contributed by atoms with E-state index in [0.717, 1.165) is 0 Å². The number of ether oxygens (including phenoxy) is 3.